The van der Waals surface area contributed by atoms with Crippen LogP contribution in [0, 0.1) is 6.92 Å². The number of anilines is 2. The summed E-state index contributed by atoms with van der Waals surface area (Å²) < 4.78 is 10.3. The normalized spacial score (nSPS) is 10.2. The van der Waals surface area contributed by atoms with Gasteiger partial charge in [-0.05, 0) is 55.0 Å². The first-order chi connectivity index (χ1) is 12.3. The van der Waals surface area contributed by atoms with Crippen molar-refractivity contribution in [2.45, 2.75) is 6.92 Å². The lowest BCUT2D eigenvalue weighted by molar-refractivity contribution is -0.149. The minimum absolute atomic E-state index is 0.284. The molecule has 7 heteroatoms. The highest BCUT2D eigenvalue weighted by Gasteiger charge is 2.10. The molecule has 6 nitrogen and oxygen atoms in total. The Kier molecular flexibility index (Phi) is 6.86. The monoisotopic (exact) mass is 376 g/mol. The first-order valence-corrected chi connectivity index (χ1v) is 8.35. The van der Waals surface area contributed by atoms with Crippen molar-refractivity contribution in [3.8, 4) is 5.75 Å². The maximum Gasteiger partial charge on any atom is 0.344 e. The summed E-state index contributed by atoms with van der Waals surface area (Å²) in [6.45, 7) is 1.16. The first-order valence-electron chi connectivity index (χ1n) is 7.97. The van der Waals surface area contributed by atoms with Crippen LogP contribution in [0.3, 0.4) is 0 Å². The Hall–Kier alpha value is -2.73. The predicted molar refractivity (Wildman–Crippen MR) is 102 cm³/mol. The maximum atomic E-state index is 11.8. The molecule has 0 aliphatic carbocycles. The van der Waals surface area contributed by atoms with Crippen LogP contribution in [-0.2, 0) is 14.3 Å². The number of rotatable bonds is 7. The maximum absolute atomic E-state index is 11.8. The van der Waals surface area contributed by atoms with Gasteiger partial charge in [0.25, 0.3) is 5.91 Å². The largest absolute Gasteiger partial charge is 0.482 e. The van der Waals surface area contributed by atoms with Crippen molar-refractivity contribution in [3.63, 3.8) is 0 Å². The molecule has 0 spiro atoms. The second-order valence-corrected chi connectivity index (χ2v) is 6.29. The molecule has 0 saturated carbocycles. The van der Waals surface area contributed by atoms with Crippen LogP contribution in [0.4, 0.5) is 11.4 Å². The van der Waals surface area contributed by atoms with Crippen molar-refractivity contribution >= 4 is 34.9 Å². The Bertz CT molecular complexity index is 776. The van der Waals surface area contributed by atoms with E-state index < -0.39 is 11.9 Å². The number of benzene rings is 2. The molecule has 0 fully saturated rings. The van der Waals surface area contributed by atoms with Crippen molar-refractivity contribution in [2.75, 3.05) is 37.5 Å². The molecule has 1 amide bonds. The van der Waals surface area contributed by atoms with Crippen LogP contribution in [0.2, 0.25) is 5.02 Å². The van der Waals surface area contributed by atoms with Crippen molar-refractivity contribution in [3.05, 3.63) is 53.1 Å². The van der Waals surface area contributed by atoms with Crippen LogP contribution in [0.15, 0.2) is 42.5 Å². The molecule has 2 aromatic carbocycles. The number of aryl methyl sites for hydroxylation is 1. The Balaban J connectivity index is 1.75. The lowest BCUT2D eigenvalue weighted by Crippen LogP contribution is -2.23. The highest BCUT2D eigenvalue weighted by atomic mass is 35.5. The number of halogens is 1. The number of carbonyl (C=O) groups is 2. The molecule has 26 heavy (non-hydrogen) atoms. The number of nitrogens with zero attached hydrogens (tertiary/aromatic N) is 1. The lowest BCUT2D eigenvalue weighted by atomic mass is 10.2. The third-order valence-electron chi connectivity index (χ3n) is 3.51. The van der Waals surface area contributed by atoms with Gasteiger partial charge in [0.1, 0.15) is 5.75 Å². The Morgan fingerprint density at radius 1 is 1.08 bits per heavy atom. The number of amides is 1. The van der Waals surface area contributed by atoms with Gasteiger partial charge >= 0.3 is 5.97 Å². The molecule has 0 atom stereocenters. The summed E-state index contributed by atoms with van der Waals surface area (Å²) in [7, 11) is 3.86. The van der Waals surface area contributed by atoms with Gasteiger partial charge < -0.3 is 19.7 Å². The number of carbonyl (C=O) groups excluding carboxylic acids is 2. The number of hydrogen-bond donors (Lipinski definition) is 1. The van der Waals surface area contributed by atoms with Gasteiger partial charge in [-0.2, -0.15) is 0 Å². The SMILES string of the molecule is Cc1cc(Cl)ccc1OCC(=O)OCC(=O)Nc1ccc(N(C)C)cc1. The average molecular weight is 377 g/mol. The second kappa shape index (κ2) is 9.10. The highest BCUT2D eigenvalue weighted by molar-refractivity contribution is 6.30. The fraction of sp³-hybridized carbons (Fsp3) is 0.263. The van der Waals surface area contributed by atoms with E-state index in [9.17, 15) is 9.59 Å². The molecule has 0 aliphatic rings. The molecule has 2 aromatic rings. The number of hydrogen-bond acceptors (Lipinski definition) is 5. The standard InChI is InChI=1S/C19H21ClN2O4/c1-13-10-14(20)4-9-17(13)25-12-19(24)26-11-18(23)21-15-5-7-16(8-6-15)22(2)3/h4-10H,11-12H2,1-3H3,(H,21,23). The van der Waals surface area contributed by atoms with E-state index in [-0.39, 0.29) is 13.2 Å². The minimum Gasteiger partial charge on any atom is -0.482 e. The van der Waals surface area contributed by atoms with Crippen LogP contribution in [0.25, 0.3) is 0 Å². The highest BCUT2D eigenvalue weighted by Crippen LogP contribution is 2.21. The van der Waals surface area contributed by atoms with Crippen LogP contribution in [-0.4, -0.2) is 39.2 Å². The molecule has 0 unspecified atom stereocenters. The van der Waals surface area contributed by atoms with Gasteiger partial charge in [0.2, 0.25) is 0 Å². The smallest absolute Gasteiger partial charge is 0.344 e. The zero-order chi connectivity index (χ0) is 19.1. The number of esters is 1. The summed E-state index contributed by atoms with van der Waals surface area (Å²) in [5.41, 5.74) is 2.46. The van der Waals surface area contributed by atoms with Crippen LogP contribution in [0.5, 0.6) is 5.75 Å². The molecule has 0 aromatic heterocycles. The summed E-state index contributed by atoms with van der Waals surface area (Å²) in [4.78, 5) is 25.5. The van der Waals surface area contributed by atoms with Crippen LogP contribution in [0.1, 0.15) is 5.56 Å². The number of ether oxygens (including phenoxy) is 2. The van der Waals surface area contributed by atoms with E-state index in [4.69, 9.17) is 21.1 Å². The van der Waals surface area contributed by atoms with E-state index in [1.165, 1.54) is 0 Å². The van der Waals surface area contributed by atoms with Crippen molar-refractivity contribution < 1.29 is 19.1 Å². The summed E-state index contributed by atoms with van der Waals surface area (Å²) in [6.07, 6.45) is 0. The van der Waals surface area contributed by atoms with E-state index in [1.807, 2.05) is 38.1 Å². The topological polar surface area (TPSA) is 67.9 Å². The summed E-state index contributed by atoms with van der Waals surface area (Å²) in [6, 6.07) is 12.4. The van der Waals surface area contributed by atoms with Gasteiger partial charge in [0.15, 0.2) is 13.2 Å². The zero-order valence-electron chi connectivity index (χ0n) is 14.9. The Morgan fingerprint density at radius 3 is 2.38 bits per heavy atom. The molecule has 0 aliphatic heterocycles. The van der Waals surface area contributed by atoms with Crippen molar-refractivity contribution in [2.24, 2.45) is 0 Å². The Labute approximate surface area is 157 Å². The summed E-state index contributed by atoms with van der Waals surface area (Å²) in [5.74, 6) is -0.507. The van der Waals surface area contributed by atoms with E-state index in [0.717, 1.165) is 11.3 Å². The van der Waals surface area contributed by atoms with E-state index >= 15 is 0 Å². The van der Waals surface area contributed by atoms with E-state index in [1.54, 1.807) is 30.3 Å². The molecular weight excluding hydrogens is 356 g/mol. The predicted octanol–water partition coefficient (Wildman–Crippen LogP) is 3.28. The molecule has 2 rings (SSSR count). The molecule has 0 radical (unpaired) electrons. The van der Waals surface area contributed by atoms with Crippen molar-refractivity contribution in [1.82, 2.24) is 0 Å². The van der Waals surface area contributed by atoms with E-state index in [2.05, 4.69) is 5.32 Å². The molecule has 138 valence electrons. The minimum atomic E-state index is -0.627. The molecule has 0 bridgehead atoms. The van der Waals surface area contributed by atoms with Gasteiger partial charge in [0, 0.05) is 30.5 Å². The average Bonchev–Trinajstić information content (AvgIpc) is 2.59. The van der Waals surface area contributed by atoms with Crippen LogP contribution < -0.4 is 15.0 Å². The van der Waals surface area contributed by atoms with Gasteiger partial charge in [-0.25, -0.2) is 4.79 Å². The van der Waals surface area contributed by atoms with Crippen molar-refractivity contribution in [1.29, 1.82) is 0 Å². The molecular formula is C19H21ClN2O4. The fourth-order valence-electron chi connectivity index (χ4n) is 2.14. The summed E-state index contributed by atoms with van der Waals surface area (Å²) in [5, 5.41) is 3.25. The van der Waals surface area contributed by atoms with Gasteiger partial charge in [-0.15, -0.1) is 0 Å². The Morgan fingerprint density at radius 2 is 1.77 bits per heavy atom. The van der Waals surface area contributed by atoms with Crippen LogP contribution >= 0.6 is 11.6 Å². The molecule has 0 heterocycles. The lowest BCUT2D eigenvalue weighted by Gasteiger charge is -2.13. The molecule has 1 N–H and O–H groups in total. The second-order valence-electron chi connectivity index (χ2n) is 5.85. The zero-order valence-corrected chi connectivity index (χ0v) is 15.7. The first kappa shape index (κ1) is 19.6. The quantitative estimate of drug-likeness (QED) is 0.751. The van der Waals surface area contributed by atoms with Gasteiger partial charge in [-0.3, -0.25) is 4.79 Å². The fourth-order valence-corrected chi connectivity index (χ4v) is 2.37. The van der Waals surface area contributed by atoms with E-state index in [0.29, 0.717) is 16.5 Å². The number of nitrogens with one attached hydrogen (secondary N) is 1. The van der Waals surface area contributed by atoms with Gasteiger partial charge in [-0.1, -0.05) is 11.6 Å². The molecule has 0 saturated heterocycles. The van der Waals surface area contributed by atoms with Gasteiger partial charge in [0.05, 0.1) is 0 Å². The third kappa shape index (κ3) is 5.97. The summed E-state index contributed by atoms with van der Waals surface area (Å²) >= 11 is 5.86. The third-order valence-corrected chi connectivity index (χ3v) is 3.75.